The fraction of sp³-hybridized carbons (Fsp3) is 0.136. The number of anilines is 2. The summed E-state index contributed by atoms with van der Waals surface area (Å²) >= 11 is 3.56. The predicted octanol–water partition coefficient (Wildman–Crippen LogP) is 4.93. The number of nitrogens with zero attached hydrogens (tertiary/aromatic N) is 3. The van der Waals surface area contributed by atoms with Crippen LogP contribution in [0.2, 0.25) is 0 Å². The monoisotopic (exact) mass is 465 g/mol. The Morgan fingerprint density at radius 3 is 2.67 bits per heavy atom. The molecule has 2 aromatic carbocycles. The molecule has 0 atom stereocenters. The number of halogens is 1. The fourth-order valence-electron chi connectivity index (χ4n) is 3.02. The van der Waals surface area contributed by atoms with E-state index in [1.165, 1.54) is 5.56 Å². The van der Waals surface area contributed by atoms with Crippen LogP contribution < -0.4 is 15.4 Å². The van der Waals surface area contributed by atoms with Crippen molar-refractivity contribution in [1.82, 2.24) is 19.9 Å². The summed E-state index contributed by atoms with van der Waals surface area (Å²) in [5.74, 6) is 1.61. The number of imidazole rings is 1. The minimum Gasteiger partial charge on any atom is -0.457 e. The molecule has 0 saturated heterocycles. The largest absolute Gasteiger partial charge is 0.457 e. The van der Waals surface area contributed by atoms with Gasteiger partial charge in [-0.2, -0.15) is 0 Å². The van der Waals surface area contributed by atoms with Gasteiger partial charge in [-0.05, 0) is 42.8 Å². The van der Waals surface area contributed by atoms with Crippen molar-refractivity contribution in [2.24, 2.45) is 7.05 Å². The number of amides is 1. The first-order chi connectivity index (χ1) is 14.4. The molecule has 152 valence electrons. The zero-order chi connectivity index (χ0) is 21.3. The van der Waals surface area contributed by atoms with Gasteiger partial charge in [-0.25, -0.2) is 4.98 Å². The Labute approximate surface area is 182 Å². The van der Waals surface area contributed by atoms with Crippen molar-refractivity contribution in [1.29, 1.82) is 0 Å². The Bertz CT molecular complexity index is 1250. The molecule has 1 amide bonds. The number of hydrogen-bond acceptors (Lipinski definition) is 5. The molecule has 4 rings (SSSR count). The molecule has 0 aliphatic heterocycles. The molecule has 2 aromatic heterocycles. The molecular formula is C22H20BrN5O2. The van der Waals surface area contributed by atoms with Crippen LogP contribution >= 0.6 is 15.9 Å². The Balaban J connectivity index is 1.60. The van der Waals surface area contributed by atoms with Gasteiger partial charge in [0.05, 0.1) is 11.0 Å². The van der Waals surface area contributed by atoms with E-state index in [0.717, 1.165) is 27.1 Å². The third-order valence-electron chi connectivity index (χ3n) is 4.71. The van der Waals surface area contributed by atoms with Gasteiger partial charge in [-0.1, -0.05) is 22.0 Å². The molecule has 7 nitrogen and oxygen atoms in total. The summed E-state index contributed by atoms with van der Waals surface area (Å²) in [6, 6.07) is 15.1. The molecule has 0 saturated carbocycles. The van der Waals surface area contributed by atoms with Gasteiger partial charge >= 0.3 is 0 Å². The van der Waals surface area contributed by atoms with Crippen molar-refractivity contribution < 1.29 is 9.53 Å². The van der Waals surface area contributed by atoms with Crippen molar-refractivity contribution in [3.63, 3.8) is 0 Å². The molecule has 0 unspecified atom stereocenters. The van der Waals surface area contributed by atoms with Crippen molar-refractivity contribution in [3.05, 3.63) is 70.5 Å². The lowest BCUT2D eigenvalue weighted by atomic mass is 10.2. The third-order valence-corrected chi connectivity index (χ3v) is 5.56. The second-order valence-electron chi connectivity index (χ2n) is 6.79. The van der Waals surface area contributed by atoms with Gasteiger partial charge in [0.25, 0.3) is 5.91 Å². The first-order valence-corrected chi connectivity index (χ1v) is 10.1. The lowest BCUT2D eigenvalue weighted by Crippen LogP contribution is -2.18. The minimum atomic E-state index is -0.265. The van der Waals surface area contributed by atoms with Crippen LogP contribution in [-0.4, -0.2) is 27.5 Å². The zero-order valence-corrected chi connectivity index (χ0v) is 18.3. The maximum absolute atomic E-state index is 11.8. The average Bonchev–Trinajstić information content (AvgIpc) is 3.05. The average molecular weight is 466 g/mol. The Kier molecular flexibility index (Phi) is 5.41. The summed E-state index contributed by atoms with van der Waals surface area (Å²) in [6.07, 6.45) is 1.54. The highest BCUT2D eigenvalue weighted by Crippen LogP contribution is 2.29. The molecule has 0 spiro atoms. The fourth-order valence-corrected chi connectivity index (χ4v) is 3.40. The van der Waals surface area contributed by atoms with Crippen LogP contribution in [0.15, 0.2) is 59.2 Å². The van der Waals surface area contributed by atoms with Crippen LogP contribution in [0.1, 0.15) is 16.1 Å². The first-order valence-electron chi connectivity index (χ1n) is 9.30. The minimum absolute atomic E-state index is 0.265. The number of ether oxygens (including phenoxy) is 1. The molecule has 0 fully saturated rings. The molecule has 2 N–H and O–H groups in total. The zero-order valence-electron chi connectivity index (χ0n) is 16.7. The van der Waals surface area contributed by atoms with Gasteiger partial charge in [0.2, 0.25) is 5.95 Å². The molecule has 30 heavy (non-hydrogen) atoms. The molecule has 0 bridgehead atoms. The van der Waals surface area contributed by atoms with E-state index in [1.54, 1.807) is 25.4 Å². The van der Waals surface area contributed by atoms with Crippen LogP contribution in [0.5, 0.6) is 11.5 Å². The second-order valence-corrected chi connectivity index (χ2v) is 7.65. The maximum atomic E-state index is 11.8. The van der Waals surface area contributed by atoms with E-state index >= 15 is 0 Å². The van der Waals surface area contributed by atoms with E-state index in [0.29, 0.717) is 17.2 Å². The highest BCUT2D eigenvalue weighted by Gasteiger charge is 2.11. The highest BCUT2D eigenvalue weighted by molar-refractivity contribution is 9.10. The van der Waals surface area contributed by atoms with E-state index in [9.17, 15) is 4.79 Å². The van der Waals surface area contributed by atoms with Crippen LogP contribution in [0.3, 0.4) is 0 Å². The number of hydrogen-bond donors (Lipinski definition) is 2. The van der Waals surface area contributed by atoms with E-state index in [1.807, 2.05) is 54.9 Å². The predicted molar refractivity (Wildman–Crippen MR) is 121 cm³/mol. The highest BCUT2D eigenvalue weighted by atomic mass is 79.9. The van der Waals surface area contributed by atoms with Crippen molar-refractivity contribution in [2.75, 3.05) is 12.4 Å². The lowest BCUT2D eigenvalue weighted by Gasteiger charge is -2.08. The summed E-state index contributed by atoms with van der Waals surface area (Å²) < 4.78 is 8.95. The van der Waals surface area contributed by atoms with E-state index in [4.69, 9.17) is 9.72 Å². The number of aryl methyl sites for hydroxylation is 2. The number of pyridine rings is 1. The van der Waals surface area contributed by atoms with Crippen LogP contribution in [0.25, 0.3) is 11.0 Å². The smallest absolute Gasteiger partial charge is 0.269 e. The number of rotatable bonds is 5. The summed E-state index contributed by atoms with van der Waals surface area (Å²) in [6.45, 7) is 2.05. The van der Waals surface area contributed by atoms with Crippen molar-refractivity contribution >= 4 is 44.5 Å². The number of benzene rings is 2. The van der Waals surface area contributed by atoms with E-state index < -0.39 is 0 Å². The molecular weight excluding hydrogens is 446 g/mol. The van der Waals surface area contributed by atoms with Crippen molar-refractivity contribution in [2.45, 2.75) is 6.92 Å². The molecule has 4 aromatic rings. The lowest BCUT2D eigenvalue weighted by molar-refractivity contribution is 0.0958. The number of carbonyl (C=O) groups excluding carboxylic acids is 1. The number of carbonyl (C=O) groups is 1. The molecule has 0 aliphatic carbocycles. The number of fused-ring (bicyclic) bond motifs is 1. The van der Waals surface area contributed by atoms with Gasteiger partial charge in [0.15, 0.2) is 0 Å². The Hall–Kier alpha value is -3.39. The quantitative estimate of drug-likeness (QED) is 0.436. The van der Waals surface area contributed by atoms with E-state index in [-0.39, 0.29) is 5.91 Å². The molecule has 0 aliphatic rings. The van der Waals surface area contributed by atoms with Gasteiger partial charge in [-0.3, -0.25) is 9.78 Å². The summed E-state index contributed by atoms with van der Waals surface area (Å²) in [5.41, 5.74) is 4.18. The summed E-state index contributed by atoms with van der Waals surface area (Å²) in [7, 11) is 3.52. The topological polar surface area (TPSA) is 81.1 Å². The van der Waals surface area contributed by atoms with Gasteiger partial charge in [-0.15, -0.1) is 0 Å². The normalized spacial score (nSPS) is 10.8. The van der Waals surface area contributed by atoms with Crippen LogP contribution in [0.4, 0.5) is 11.6 Å². The molecule has 2 heterocycles. The van der Waals surface area contributed by atoms with Gasteiger partial charge in [0.1, 0.15) is 17.2 Å². The number of nitrogens with one attached hydrogen (secondary N) is 2. The second kappa shape index (κ2) is 8.16. The van der Waals surface area contributed by atoms with Gasteiger partial charge < -0.3 is 19.9 Å². The Morgan fingerprint density at radius 1 is 1.10 bits per heavy atom. The standard InChI is InChI=1S/C22H20BrN5O2/c1-13-4-5-14(10-17(13)23)26-22-27-18-11-15(6-7-20(18)28(22)3)30-16-8-9-25-19(12-16)21(29)24-2/h4-12H,1-3H3,(H,24,29)(H,26,27). The van der Waals surface area contributed by atoms with E-state index in [2.05, 4.69) is 31.5 Å². The number of aromatic nitrogens is 3. The van der Waals surface area contributed by atoms with Gasteiger partial charge in [0, 0.05) is 42.6 Å². The molecule has 0 radical (unpaired) electrons. The first kappa shape index (κ1) is 19.9. The van der Waals surface area contributed by atoms with Crippen molar-refractivity contribution in [3.8, 4) is 11.5 Å². The summed E-state index contributed by atoms with van der Waals surface area (Å²) in [4.78, 5) is 20.5. The summed E-state index contributed by atoms with van der Waals surface area (Å²) in [5, 5.41) is 5.91. The van der Waals surface area contributed by atoms with Crippen LogP contribution in [0, 0.1) is 6.92 Å². The van der Waals surface area contributed by atoms with Crippen LogP contribution in [-0.2, 0) is 7.05 Å². The SMILES string of the molecule is CNC(=O)c1cc(Oc2ccc3c(c2)nc(Nc2ccc(C)c(Br)c2)n3C)ccn1. The Morgan fingerprint density at radius 2 is 1.90 bits per heavy atom. The molecule has 8 heteroatoms. The maximum Gasteiger partial charge on any atom is 0.269 e. The third kappa shape index (κ3) is 3.99.